The molecule has 0 aliphatic heterocycles. The van der Waals surface area contributed by atoms with Gasteiger partial charge in [0.15, 0.2) is 0 Å². The first-order chi connectivity index (χ1) is 9.56. The fourth-order valence-corrected chi connectivity index (χ4v) is 2.44. The summed E-state index contributed by atoms with van der Waals surface area (Å²) in [6.07, 6.45) is 6.83. The lowest BCUT2D eigenvalue weighted by Gasteiger charge is -2.13. The molecule has 1 aromatic carbocycles. The van der Waals surface area contributed by atoms with Crippen molar-refractivity contribution in [2.45, 2.75) is 32.1 Å². The maximum atomic E-state index is 11.9. The van der Waals surface area contributed by atoms with E-state index in [9.17, 15) is 9.59 Å². The molecule has 0 spiro atoms. The van der Waals surface area contributed by atoms with E-state index in [1.807, 2.05) is 0 Å². The number of amides is 1. The molecule has 4 nitrogen and oxygen atoms in total. The Hall–Kier alpha value is -1.81. The summed E-state index contributed by atoms with van der Waals surface area (Å²) in [5.74, 6) is -1.17. The summed E-state index contributed by atoms with van der Waals surface area (Å²) in [4.78, 5) is 22.7. The zero-order valence-electron chi connectivity index (χ0n) is 11.0. The molecule has 0 radical (unpaired) electrons. The highest BCUT2D eigenvalue weighted by molar-refractivity contribution is 6.34. The van der Waals surface area contributed by atoms with Gasteiger partial charge in [0, 0.05) is 6.42 Å². The quantitative estimate of drug-likeness (QED) is 0.828. The number of carboxylic acids is 1. The molecule has 0 atom stereocenters. The Morgan fingerprint density at radius 3 is 2.70 bits per heavy atom. The molecule has 1 aliphatic rings. The first-order valence-corrected chi connectivity index (χ1v) is 6.94. The van der Waals surface area contributed by atoms with Crippen molar-refractivity contribution in [3.05, 3.63) is 40.4 Å². The van der Waals surface area contributed by atoms with Gasteiger partial charge in [0.1, 0.15) is 0 Å². The number of hydrogen-bond donors (Lipinski definition) is 2. The van der Waals surface area contributed by atoms with E-state index in [4.69, 9.17) is 16.7 Å². The van der Waals surface area contributed by atoms with E-state index in [0.29, 0.717) is 12.1 Å². The molecule has 0 saturated heterocycles. The molecule has 0 aromatic heterocycles. The van der Waals surface area contributed by atoms with Crippen molar-refractivity contribution in [3.8, 4) is 0 Å². The average Bonchev–Trinajstić information content (AvgIpc) is 2.42. The van der Waals surface area contributed by atoms with Crippen molar-refractivity contribution >= 4 is 29.2 Å². The normalized spacial score (nSPS) is 14.6. The van der Waals surface area contributed by atoms with Crippen molar-refractivity contribution in [2.24, 2.45) is 0 Å². The molecule has 5 heteroatoms. The van der Waals surface area contributed by atoms with Crippen LogP contribution >= 0.6 is 11.6 Å². The van der Waals surface area contributed by atoms with Gasteiger partial charge < -0.3 is 10.4 Å². The number of carboxylic acid groups (broad SMARTS) is 1. The van der Waals surface area contributed by atoms with E-state index in [2.05, 4.69) is 11.4 Å². The number of hydrogen-bond acceptors (Lipinski definition) is 2. The van der Waals surface area contributed by atoms with Gasteiger partial charge in [-0.1, -0.05) is 23.3 Å². The van der Waals surface area contributed by atoms with Crippen LogP contribution in [0.4, 0.5) is 5.69 Å². The number of allylic oxidation sites excluding steroid dienone is 1. The SMILES string of the molecule is O=C(CC1=CCCCC1)Nc1ccc(C(=O)O)cc1Cl. The lowest BCUT2D eigenvalue weighted by molar-refractivity contribution is -0.115. The molecule has 0 saturated carbocycles. The van der Waals surface area contributed by atoms with Crippen LogP contribution in [-0.2, 0) is 4.79 Å². The molecule has 2 N–H and O–H groups in total. The fourth-order valence-electron chi connectivity index (χ4n) is 2.22. The predicted molar refractivity (Wildman–Crippen MR) is 78.2 cm³/mol. The van der Waals surface area contributed by atoms with E-state index in [1.54, 1.807) is 0 Å². The lowest BCUT2D eigenvalue weighted by Crippen LogP contribution is -2.13. The summed E-state index contributed by atoms with van der Waals surface area (Å²) < 4.78 is 0. The molecular formula is C15H16ClNO3. The topological polar surface area (TPSA) is 66.4 Å². The van der Waals surface area contributed by atoms with Crippen LogP contribution in [0.5, 0.6) is 0 Å². The van der Waals surface area contributed by atoms with Crippen LogP contribution in [-0.4, -0.2) is 17.0 Å². The minimum Gasteiger partial charge on any atom is -0.478 e. The molecule has 106 valence electrons. The van der Waals surface area contributed by atoms with E-state index < -0.39 is 5.97 Å². The molecule has 0 bridgehead atoms. The van der Waals surface area contributed by atoms with Crippen molar-refractivity contribution < 1.29 is 14.7 Å². The molecule has 1 aromatic rings. The third-order valence-corrected chi connectivity index (χ3v) is 3.58. The monoisotopic (exact) mass is 293 g/mol. The summed E-state index contributed by atoms with van der Waals surface area (Å²) in [6.45, 7) is 0. The Balaban J connectivity index is 2.00. The zero-order valence-corrected chi connectivity index (χ0v) is 11.7. The van der Waals surface area contributed by atoms with Crippen molar-refractivity contribution in [2.75, 3.05) is 5.32 Å². The van der Waals surface area contributed by atoms with E-state index in [1.165, 1.54) is 24.6 Å². The summed E-state index contributed by atoms with van der Waals surface area (Å²) in [5.41, 5.74) is 1.70. The smallest absolute Gasteiger partial charge is 0.335 e. The van der Waals surface area contributed by atoms with E-state index in [0.717, 1.165) is 24.8 Å². The van der Waals surface area contributed by atoms with Gasteiger partial charge in [-0.25, -0.2) is 4.79 Å². The van der Waals surface area contributed by atoms with Gasteiger partial charge in [-0.05, 0) is 43.9 Å². The number of benzene rings is 1. The van der Waals surface area contributed by atoms with E-state index in [-0.39, 0.29) is 16.5 Å². The third-order valence-electron chi connectivity index (χ3n) is 3.26. The zero-order chi connectivity index (χ0) is 14.5. The molecule has 1 amide bonds. The number of anilines is 1. The summed E-state index contributed by atoms with van der Waals surface area (Å²) >= 11 is 5.97. The second-order valence-corrected chi connectivity index (χ2v) is 5.24. The second-order valence-electron chi connectivity index (χ2n) is 4.83. The van der Waals surface area contributed by atoms with Crippen LogP contribution < -0.4 is 5.32 Å². The maximum absolute atomic E-state index is 11.9. The van der Waals surface area contributed by atoms with Crippen molar-refractivity contribution in [1.82, 2.24) is 0 Å². The number of carbonyl (C=O) groups excluding carboxylic acids is 1. The van der Waals surface area contributed by atoms with Gasteiger partial charge in [-0.2, -0.15) is 0 Å². The Bertz CT molecular complexity index is 566. The standard InChI is InChI=1S/C15H16ClNO3/c16-12-9-11(15(19)20)6-7-13(12)17-14(18)8-10-4-2-1-3-5-10/h4,6-7,9H,1-3,5,8H2,(H,17,18)(H,19,20). The Morgan fingerprint density at radius 2 is 2.10 bits per heavy atom. The number of nitrogens with one attached hydrogen (secondary N) is 1. The molecule has 1 aliphatic carbocycles. The van der Waals surface area contributed by atoms with Crippen LogP contribution in [0.1, 0.15) is 42.5 Å². The van der Waals surface area contributed by atoms with Gasteiger partial charge in [0.05, 0.1) is 16.3 Å². The second kappa shape index (κ2) is 6.57. The lowest BCUT2D eigenvalue weighted by atomic mass is 9.97. The Labute approximate surface area is 122 Å². The van der Waals surface area contributed by atoms with Gasteiger partial charge in [-0.3, -0.25) is 4.79 Å². The van der Waals surface area contributed by atoms with E-state index >= 15 is 0 Å². The molecule has 0 fully saturated rings. The predicted octanol–water partition coefficient (Wildman–Crippen LogP) is 3.87. The van der Waals surface area contributed by atoms with Crippen LogP contribution in [0.2, 0.25) is 5.02 Å². The highest BCUT2D eigenvalue weighted by atomic mass is 35.5. The molecule has 2 rings (SSSR count). The Morgan fingerprint density at radius 1 is 1.30 bits per heavy atom. The van der Waals surface area contributed by atoms with Crippen molar-refractivity contribution in [1.29, 1.82) is 0 Å². The summed E-state index contributed by atoms with van der Waals surface area (Å²) in [6, 6.07) is 4.27. The number of aromatic carboxylic acids is 1. The summed E-state index contributed by atoms with van der Waals surface area (Å²) in [5, 5.41) is 11.8. The van der Waals surface area contributed by atoms with Crippen LogP contribution in [0.25, 0.3) is 0 Å². The van der Waals surface area contributed by atoms with Gasteiger partial charge in [0.2, 0.25) is 5.91 Å². The number of halogens is 1. The summed E-state index contributed by atoms with van der Waals surface area (Å²) in [7, 11) is 0. The molecular weight excluding hydrogens is 278 g/mol. The molecule has 20 heavy (non-hydrogen) atoms. The minimum absolute atomic E-state index is 0.1000. The third kappa shape index (κ3) is 3.84. The average molecular weight is 294 g/mol. The highest BCUT2D eigenvalue weighted by Crippen LogP contribution is 2.25. The van der Waals surface area contributed by atoms with Crippen LogP contribution in [0, 0.1) is 0 Å². The van der Waals surface area contributed by atoms with Crippen LogP contribution in [0.3, 0.4) is 0 Å². The highest BCUT2D eigenvalue weighted by Gasteiger charge is 2.12. The van der Waals surface area contributed by atoms with Gasteiger partial charge in [0.25, 0.3) is 0 Å². The first kappa shape index (κ1) is 14.6. The largest absolute Gasteiger partial charge is 0.478 e. The first-order valence-electron chi connectivity index (χ1n) is 6.57. The maximum Gasteiger partial charge on any atom is 0.335 e. The fraction of sp³-hybridized carbons (Fsp3) is 0.333. The minimum atomic E-state index is -1.04. The van der Waals surface area contributed by atoms with Gasteiger partial charge >= 0.3 is 5.97 Å². The molecule has 0 unspecified atom stereocenters. The molecule has 0 heterocycles. The van der Waals surface area contributed by atoms with Gasteiger partial charge in [-0.15, -0.1) is 0 Å². The van der Waals surface area contributed by atoms with Crippen molar-refractivity contribution in [3.63, 3.8) is 0 Å². The Kier molecular flexibility index (Phi) is 4.79. The number of rotatable bonds is 4. The number of carbonyl (C=O) groups is 2. The van der Waals surface area contributed by atoms with Crippen LogP contribution in [0.15, 0.2) is 29.8 Å².